The first-order valence-electron chi connectivity index (χ1n) is 13.8. The van der Waals surface area contributed by atoms with Gasteiger partial charge in [-0.3, -0.25) is 15.1 Å². The van der Waals surface area contributed by atoms with Crippen LogP contribution in [-0.4, -0.2) is 67.5 Å². The van der Waals surface area contributed by atoms with Crippen molar-refractivity contribution in [3.8, 4) is 6.19 Å². The molecule has 3 atom stereocenters. The van der Waals surface area contributed by atoms with Crippen LogP contribution in [0.3, 0.4) is 0 Å². The molecule has 0 aliphatic carbocycles. The van der Waals surface area contributed by atoms with Gasteiger partial charge in [0.15, 0.2) is 6.19 Å². The van der Waals surface area contributed by atoms with E-state index in [2.05, 4.69) is 20.9 Å². The molecule has 1 saturated heterocycles. The SMILES string of the molecule is CC(O)C(Cc1ccc(NCCCCN=C(N)NC#N)cc1)NC(=O)C1N(S(=O)(=O)c2ccccc2)CCC1(C)C. The van der Waals surface area contributed by atoms with E-state index in [-0.39, 0.29) is 17.4 Å². The van der Waals surface area contributed by atoms with Gasteiger partial charge >= 0.3 is 0 Å². The summed E-state index contributed by atoms with van der Waals surface area (Å²) in [5.41, 5.74) is 6.80. The lowest BCUT2D eigenvalue weighted by Gasteiger charge is -2.33. The fourth-order valence-corrected chi connectivity index (χ4v) is 6.67. The monoisotopic (exact) mass is 583 g/mol. The normalized spacial score (nSPS) is 18.7. The van der Waals surface area contributed by atoms with E-state index in [0.717, 1.165) is 30.6 Å². The average molecular weight is 584 g/mol. The van der Waals surface area contributed by atoms with Crippen LogP contribution in [0, 0.1) is 16.9 Å². The van der Waals surface area contributed by atoms with Gasteiger partial charge in [-0.05, 0) is 67.9 Å². The van der Waals surface area contributed by atoms with Gasteiger partial charge in [0.25, 0.3) is 0 Å². The van der Waals surface area contributed by atoms with Crippen LogP contribution in [0.25, 0.3) is 0 Å². The molecule has 1 amide bonds. The number of nitriles is 1. The van der Waals surface area contributed by atoms with Gasteiger partial charge in [0, 0.05) is 25.3 Å². The van der Waals surface area contributed by atoms with Crippen molar-refractivity contribution in [2.75, 3.05) is 25.0 Å². The number of aliphatic hydroxyl groups is 1. The van der Waals surface area contributed by atoms with Crippen molar-refractivity contribution in [2.24, 2.45) is 16.1 Å². The number of carbonyl (C=O) groups excluding carboxylic acids is 1. The molecular weight excluding hydrogens is 542 g/mol. The maximum atomic E-state index is 13.6. The Morgan fingerprint density at radius 2 is 1.88 bits per heavy atom. The highest BCUT2D eigenvalue weighted by molar-refractivity contribution is 7.89. The first-order valence-corrected chi connectivity index (χ1v) is 15.2. The fourth-order valence-electron chi connectivity index (χ4n) is 4.91. The van der Waals surface area contributed by atoms with Crippen LogP contribution in [0.15, 0.2) is 64.5 Å². The molecule has 2 aromatic rings. The number of guanidine groups is 1. The zero-order chi connectivity index (χ0) is 30.0. The first-order chi connectivity index (χ1) is 19.5. The van der Waals surface area contributed by atoms with Crippen LogP contribution in [0.4, 0.5) is 5.69 Å². The van der Waals surface area contributed by atoms with E-state index in [0.29, 0.717) is 19.4 Å². The van der Waals surface area contributed by atoms with Gasteiger partial charge in [-0.15, -0.1) is 0 Å². The molecule has 0 spiro atoms. The number of benzene rings is 2. The minimum Gasteiger partial charge on any atom is -0.391 e. The number of aliphatic imine (C=N–C) groups is 1. The minimum absolute atomic E-state index is 0.115. The van der Waals surface area contributed by atoms with Crippen LogP contribution in [-0.2, 0) is 21.2 Å². The largest absolute Gasteiger partial charge is 0.391 e. The van der Waals surface area contributed by atoms with Crippen molar-refractivity contribution in [2.45, 2.75) is 69.5 Å². The van der Waals surface area contributed by atoms with Crippen molar-refractivity contribution in [3.05, 3.63) is 60.2 Å². The third-order valence-electron chi connectivity index (χ3n) is 7.30. The van der Waals surface area contributed by atoms with Crippen molar-refractivity contribution >= 4 is 27.6 Å². The minimum atomic E-state index is -3.87. The predicted octanol–water partition coefficient (Wildman–Crippen LogP) is 2.16. The van der Waals surface area contributed by atoms with E-state index >= 15 is 0 Å². The number of nitrogens with one attached hydrogen (secondary N) is 3. The third kappa shape index (κ3) is 8.66. The summed E-state index contributed by atoms with van der Waals surface area (Å²) in [4.78, 5) is 17.8. The van der Waals surface area contributed by atoms with Gasteiger partial charge in [-0.2, -0.15) is 9.57 Å². The van der Waals surface area contributed by atoms with Crippen LogP contribution in [0.5, 0.6) is 0 Å². The molecule has 3 rings (SSSR count). The molecule has 1 aliphatic rings. The summed E-state index contributed by atoms with van der Waals surface area (Å²) in [6.07, 6.45) is 3.50. The summed E-state index contributed by atoms with van der Waals surface area (Å²) in [6, 6.07) is 14.4. The second kappa shape index (κ2) is 14.3. The molecule has 0 saturated carbocycles. The maximum absolute atomic E-state index is 13.6. The Kier molecular flexibility index (Phi) is 11.1. The van der Waals surface area contributed by atoms with E-state index in [1.165, 1.54) is 16.4 Å². The van der Waals surface area contributed by atoms with Crippen molar-refractivity contribution in [1.29, 1.82) is 5.26 Å². The summed E-state index contributed by atoms with van der Waals surface area (Å²) in [5.74, 6) is -0.296. The van der Waals surface area contributed by atoms with Crippen LogP contribution in [0.2, 0.25) is 0 Å². The van der Waals surface area contributed by atoms with Gasteiger partial charge < -0.3 is 21.5 Å². The number of aliphatic hydroxyl groups excluding tert-OH is 1. The van der Waals surface area contributed by atoms with Crippen LogP contribution < -0.4 is 21.7 Å². The molecule has 0 bridgehead atoms. The highest BCUT2D eigenvalue weighted by Crippen LogP contribution is 2.39. The Bertz CT molecular complexity index is 1320. The van der Waals surface area contributed by atoms with E-state index in [1.807, 2.05) is 38.1 Å². The number of sulfonamides is 1. The number of amides is 1. The van der Waals surface area contributed by atoms with Gasteiger partial charge in [0.2, 0.25) is 21.9 Å². The molecule has 6 N–H and O–H groups in total. The summed E-state index contributed by atoms with van der Waals surface area (Å²) in [6.45, 7) is 6.93. The van der Waals surface area contributed by atoms with Gasteiger partial charge in [0.05, 0.1) is 17.0 Å². The number of rotatable bonds is 13. The van der Waals surface area contributed by atoms with Crippen LogP contribution in [0.1, 0.15) is 45.6 Å². The Morgan fingerprint density at radius 1 is 1.20 bits per heavy atom. The second-order valence-corrected chi connectivity index (χ2v) is 12.9. The Balaban J connectivity index is 1.60. The van der Waals surface area contributed by atoms with Crippen molar-refractivity contribution < 1.29 is 18.3 Å². The maximum Gasteiger partial charge on any atom is 0.243 e. The fraction of sp³-hybridized carbons (Fsp3) is 0.483. The lowest BCUT2D eigenvalue weighted by atomic mass is 9.84. The number of hydrogen-bond donors (Lipinski definition) is 5. The average Bonchev–Trinajstić information content (AvgIpc) is 3.27. The molecule has 2 aromatic carbocycles. The molecule has 41 heavy (non-hydrogen) atoms. The molecule has 0 radical (unpaired) electrons. The summed E-state index contributed by atoms with van der Waals surface area (Å²) in [5, 5.41) is 27.6. The highest BCUT2D eigenvalue weighted by atomic mass is 32.2. The Labute approximate surface area is 242 Å². The highest BCUT2D eigenvalue weighted by Gasteiger charge is 2.50. The molecule has 1 aliphatic heterocycles. The number of carbonyl (C=O) groups is 1. The number of unbranched alkanes of at least 4 members (excludes halogenated alkanes) is 1. The quantitative estimate of drug-likeness (QED) is 0.0784. The molecule has 3 unspecified atom stereocenters. The van der Waals surface area contributed by atoms with Crippen molar-refractivity contribution in [1.82, 2.24) is 14.9 Å². The van der Waals surface area contributed by atoms with Crippen LogP contribution >= 0.6 is 0 Å². The summed E-state index contributed by atoms with van der Waals surface area (Å²) >= 11 is 0. The summed E-state index contributed by atoms with van der Waals surface area (Å²) in [7, 11) is -3.87. The Morgan fingerprint density at radius 3 is 2.51 bits per heavy atom. The van der Waals surface area contributed by atoms with Crippen molar-refractivity contribution in [3.63, 3.8) is 0 Å². The third-order valence-corrected chi connectivity index (χ3v) is 9.18. The standard InChI is InChI=1S/C29H41N7O4S/c1-21(37)25(19-22-11-13-23(14-12-22)32-16-7-8-17-33-28(31)34-20-30)35-27(38)26-29(2,3)15-18-36(26)41(39,40)24-9-5-4-6-10-24/h4-6,9-14,21,25-26,32,37H,7-8,15-19H2,1-3H3,(H,35,38)(H3,31,33,34). The van der Waals surface area contributed by atoms with E-state index < -0.39 is 39.5 Å². The topological polar surface area (TPSA) is 173 Å². The second-order valence-electron chi connectivity index (χ2n) is 11.0. The lowest BCUT2D eigenvalue weighted by molar-refractivity contribution is -0.128. The van der Waals surface area contributed by atoms with Gasteiger partial charge in [-0.25, -0.2) is 8.42 Å². The van der Waals surface area contributed by atoms with Gasteiger partial charge in [-0.1, -0.05) is 44.2 Å². The predicted molar refractivity (Wildman–Crippen MR) is 159 cm³/mol. The van der Waals surface area contributed by atoms with E-state index in [4.69, 9.17) is 11.0 Å². The number of nitrogens with zero attached hydrogens (tertiary/aromatic N) is 3. The number of hydrogen-bond acceptors (Lipinski definition) is 7. The van der Waals surface area contributed by atoms with E-state index in [1.54, 1.807) is 31.3 Å². The molecule has 1 fully saturated rings. The molecule has 1 heterocycles. The molecule has 12 heteroatoms. The Hall–Kier alpha value is -3.66. The lowest BCUT2D eigenvalue weighted by Crippen LogP contribution is -2.55. The smallest absolute Gasteiger partial charge is 0.243 e. The number of nitrogens with two attached hydrogens (primary N) is 1. The zero-order valence-corrected chi connectivity index (χ0v) is 24.7. The first kappa shape index (κ1) is 31.9. The molecule has 11 nitrogen and oxygen atoms in total. The van der Waals surface area contributed by atoms with E-state index in [9.17, 15) is 18.3 Å². The number of anilines is 1. The summed E-state index contributed by atoms with van der Waals surface area (Å²) < 4.78 is 28.1. The molecule has 0 aromatic heterocycles. The van der Waals surface area contributed by atoms with Gasteiger partial charge in [0.1, 0.15) is 6.04 Å². The molecular formula is C29H41N7O4S. The zero-order valence-electron chi connectivity index (χ0n) is 23.9. The molecule has 222 valence electrons.